The first-order valence-electron chi connectivity index (χ1n) is 6.49. The van der Waals surface area contributed by atoms with Gasteiger partial charge >= 0.3 is 0 Å². The summed E-state index contributed by atoms with van der Waals surface area (Å²) in [6.07, 6.45) is 1.37. The van der Waals surface area contributed by atoms with E-state index in [0.29, 0.717) is 11.5 Å². The van der Waals surface area contributed by atoms with Crippen molar-refractivity contribution in [1.29, 1.82) is 0 Å². The molecule has 21 heavy (non-hydrogen) atoms. The quantitative estimate of drug-likeness (QED) is 0.788. The molecule has 3 aromatic rings. The van der Waals surface area contributed by atoms with Gasteiger partial charge in [0.15, 0.2) is 0 Å². The zero-order valence-electron chi connectivity index (χ0n) is 11.7. The molecule has 108 valence electrons. The third-order valence-corrected chi connectivity index (χ3v) is 3.77. The van der Waals surface area contributed by atoms with Crippen molar-refractivity contribution in [1.82, 2.24) is 14.5 Å². The molecule has 0 saturated heterocycles. The first-order chi connectivity index (χ1) is 9.99. The van der Waals surface area contributed by atoms with Gasteiger partial charge in [0, 0.05) is 11.3 Å². The third kappa shape index (κ3) is 2.12. The lowest BCUT2D eigenvalue weighted by molar-refractivity contribution is 0.577. The van der Waals surface area contributed by atoms with Crippen molar-refractivity contribution in [2.45, 2.75) is 20.4 Å². The van der Waals surface area contributed by atoms with Crippen molar-refractivity contribution in [2.24, 2.45) is 0 Å². The molecule has 1 aromatic carbocycles. The number of hydrogen-bond donors (Lipinski definition) is 1. The maximum Gasteiger partial charge on any atom is 0.146 e. The molecule has 3 rings (SSSR count). The summed E-state index contributed by atoms with van der Waals surface area (Å²) < 4.78 is 29.0. The molecule has 0 unspecified atom stereocenters. The van der Waals surface area contributed by atoms with Gasteiger partial charge in [-0.2, -0.15) is 0 Å². The lowest BCUT2D eigenvalue weighted by atomic mass is 10.2. The third-order valence-electron chi connectivity index (χ3n) is 3.77. The Balaban J connectivity index is 2.19. The van der Waals surface area contributed by atoms with Crippen LogP contribution in [-0.2, 0) is 6.54 Å². The van der Waals surface area contributed by atoms with Gasteiger partial charge in [-0.25, -0.2) is 18.7 Å². The van der Waals surface area contributed by atoms with Gasteiger partial charge in [0.2, 0.25) is 0 Å². The highest BCUT2D eigenvalue weighted by molar-refractivity contribution is 5.90. The van der Waals surface area contributed by atoms with Gasteiger partial charge < -0.3 is 10.3 Å². The number of hydrogen-bond acceptors (Lipinski definition) is 3. The van der Waals surface area contributed by atoms with E-state index >= 15 is 0 Å². The molecule has 0 atom stereocenters. The van der Waals surface area contributed by atoms with Crippen molar-refractivity contribution in [3.05, 3.63) is 53.0 Å². The average molecular weight is 288 g/mol. The predicted octanol–water partition coefficient (Wildman–Crippen LogP) is 2.96. The Morgan fingerprint density at radius 3 is 2.71 bits per heavy atom. The fraction of sp³-hybridized carbons (Fsp3) is 0.200. The smallest absolute Gasteiger partial charge is 0.146 e. The molecule has 4 nitrogen and oxygen atoms in total. The summed E-state index contributed by atoms with van der Waals surface area (Å²) in [6, 6.07) is 3.42. The van der Waals surface area contributed by atoms with E-state index in [9.17, 15) is 8.78 Å². The number of aromatic nitrogens is 3. The maximum absolute atomic E-state index is 13.8. The minimum absolute atomic E-state index is 0.191. The van der Waals surface area contributed by atoms with Crippen LogP contribution in [0.2, 0.25) is 0 Å². The molecule has 0 aliphatic carbocycles. The summed E-state index contributed by atoms with van der Waals surface area (Å²) >= 11 is 0. The van der Waals surface area contributed by atoms with Crippen LogP contribution in [0.3, 0.4) is 0 Å². The SMILES string of the molecule is Cc1c(C)n(Cc2cc(F)ccc2F)c2ncnc(N)c12. The van der Waals surface area contributed by atoms with Crippen molar-refractivity contribution in [2.75, 3.05) is 5.73 Å². The van der Waals surface area contributed by atoms with E-state index in [2.05, 4.69) is 9.97 Å². The van der Waals surface area contributed by atoms with E-state index in [1.54, 1.807) is 0 Å². The van der Waals surface area contributed by atoms with Gasteiger partial charge in [-0.1, -0.05) is 0 Å². The fourth-order valence-corrected chi connectivity index (χ4v) is 2.52. The molecule has 0 saturated carbocycles. The van der Waals surface area contributed by atoms with Crippen molar-refractivity contribution in [3.8, 4) is 0 Å². The molecule has 2 N–H and O–H groups in total. The summed E-state index contributed by atoms with van der Waals surface area (Å²) in [4.78, 5) is 8.21. The molecule has 0 aliphatic rings. The zero-order valence-corrected chi connectivity index (χ0v) is 11.7. The first-order valence-corrected chi connectivity index (χ1v) is 6.49. The Morgan fingerprint density at radius 2 is 1.95 bits per heavy atom. The van der Waals surface area contributed by atoms with Crippen LogP contribution >= 0.6 is 0 Å². The Kier molecular flexibility index (Phi) is 3.08. The van der Waals surface area contributed by atoms with Crippen LogP contribution < -0.4 is 5.73 Å². The molecule has 0 radical (unpaired) electrons. The Morgan fingerprint density at radius 1 is 1.19 bits per heavy atom. The summed E-state index contributed by atoms with van der Waals surface area (Å²) in [6.45, 7) is 4.00. The summed E-state index contributed by atoms with van der Waals surface area (Å²) in [5, 5.41) is 0.756. The van der Waals surface area contributed by atoms with E-state index in [4.69, 9.17) is 5.73 Å². The van der Waals surface area contributed by atoms with E-state index in [-0.39, 0.29) is 12.1 Å². The summed E-state index contributed by atoms with van der Waals surface area (Å²) in [5.41, 5.74) is 8.63. The number of anilines is 1. The van der Waals surface area contributed by atoms with Crippen LogP contribution in [0.25, 0.3) is 11.0 Å². The standard InChI is InChI=1S/C15H14F2N4/c1-8-9(2)21(15-13(8)14(18)19-7-20-15)6-10-5-11(16)3-4-12(10)17/h3-5,7H,6H2,1-2H3,(H2,18,19,20). The average Bonchev–Trinajstić information content (AvgIpc) is 2.69. The molecule has 0 aliphatic heterocycles. The van der Waals surface area contributed by atoms with Crippen molar-refractivity contribution in [3.63, 3.8) is 0 Å². The van der Waals surface area contributed by atoms with Crippen LogP contribution in [0, 0.1) is 25.5 Å². The van der Waals surface area contributed by atoms with Gasteiger partial charge in [0.05, 0.1) is 11.9 Å². The number of rotatable bonds is 2. The highest BCUT2D eigenvalue weighted by Crippen LogP contribution is 2.28. The van der Waals surface area contributed by atoms with E-state index < -0.39 is 11.6 Å². The van der Waals surface area contributed by atoms with E-state index in [1.165, 1.54) is 12.4 Å². The number of halogens is 2. The van der Waals surface area contributed by atoms with Gasteiger partial charge in [-0.05, 0) is 37.6 Å². The van der Waals surface area contributed by atoms with Crippen LogP contribution in [0.4, 0.5) is 14.6 Å². The lowest BCUT2D eigenvalue weighted by Gasteiger charge is -2.09. The van der Waals surface area contributed by atoms with E-state index in [1.807, 2.05) is 18.4 Å². The minimum atomic E-state index is -0.466. The van der Waals surface area contributed by atoms with Crippen LogP contribution in [0.5, 0.6) is 0 Å². The number of benzene rings is 1. The topological polar surface area (TPSA) is 56.7 Å². The number of aryl methyl sites for hydroxylation is 1. The van der Waals surface area contributed by atoms with Crippen LogP contribution in [0.1, 0.15) is 16.8 Å². The van der Waals surface area contributed by atoms with Gasteiger partial charge in [-0.3, -0.25) is 0 Å². The minimum Gasteiger partial charge on any atom is -0.383 e. The summed E-state index contributed by atoms with van der Waals surface area (Å²) in [7, 11) is 0. The molecule has 6 heteroatoms. The van der Waals surface area contributed by atoms with Gasteiger partial charge in [0.25, 0.3) is 0 Å². The second kappa shape index (κ2) is 4.80. The second-order valence-corrected chi connectivity index (χ2v) is 4.99. The number of fused-ring (bicyclic) bond motifs is 1. The Hall–Kier alpha value is -2.50. The zero-order chi connectivity index (χ0) is 15.1. The molecule has 0 bridgehead atoms. The largest absolute Gasteiger partial charge is 0.383 e. The molecule has 0 fully saturated rings. The van der Waals surface area contributed by atoms with Crippen LogP contribution in [-0.4, -0.2) is 14.5 Å². The number of nitrogens with two attached hydrogens (primary N) is 1. The van der Waals surface area contributed by atoms with Crippen molar-refractivity contribution >= 4 is 16.9 Å². The van der Waals surface area contributed by atoms with Crippen molar-refractivity contribution < 1.29 is 8.78 Å². The highest BCUT2D eigenvalue weighted by Gasteiger charge is 2.16. The molecule has 2 heterocycles. The molecular weight excluding hydrogens is 274 g/mol. The fourth-order valence-electron chi connectivity index (χ4n) is 2.52. The molecule has 0 amide bonds. The van der Waals surface area contributed by atoms with E-state index in [0.717, 1.165) is 28.8 Å². The lowest BCUT2D eigenvalue weighted by Crippen LogP contribution is -2.05. The van der Waals surface area contributed by atoms with Gasteiger partial charge in [-0.15, -0.1) is 0 Å². The Bertz CT molecular complexity index is 839. The second-order valence-electron chi connectivity index (χ2n) is 4.99. The van der Waals surface area contributed by atoms with Crippen LogP contribution in [0.15, 0.2) is 24.5 Å². The molecule has 0 spiro atoms. The Labute approximate surface area is 120 Å². The maximum atomic E-state index is 13.8. The normalized spacial score (nSPS) is 11.2. The van der Waals surface area contributed by atoms with Gasteiger partial charge in [0.1, 0.15) is 29.4 Å². The number of nitrogens with zero attached hydrogens (tertiary/aromatic N) is 3. The number of nitrogen functional groups attached to an aromatic ring is 1. The summed E-state index contributed by atoms with van der Waals surface area (Å²) in [5.74, 6) is -0.525. The first kappa shape index (κ1) is 13.5. The molecular formula is C15H14F2N4. The predicted molar refractivity (Wildman–Crippen MR) is 76.9 cm³/mol. The molecule has 2 aromatic heterocycles. The highest BCUT2D eigenvalue weighted by atomic mass is 19.1. The monoisotopic (exact) mass is 288 g/mol.